The molecule has 0 atom stereocenters. The van der Waals surface area contributed by atoms with Gasteiger partial charge in [-0.2, -0.15) is 0 Å². The second kappa shape index (κ2) is 8.55. The maximum atomic E-state index is 12.4. The Balaban J connectivity index is 2.67. The van der Waals surface area contributed by atoms with E-state index < -0.39 is 5.60 Å². The summed E-state index contributed by atoms with van der Waals surface area (Å²) in [4.78, 5) is 17.1. The van der Waals surface area contributed by atoms with Crippen LogP contribution in [0.1, 0.15) is 59.3 Å². The average molecular weight is 306 g/mol. The van der Waals surface area contributed by atoms with Crippen LogP contribution in [-0.4, -0.2) is 35.2 Å². The van der Waals surface area contributed by atoms with Gasteiger partial charge in [-0.05, 0) is 58.4 Å². The topological polar surface area (TPSA) is 78.3 Å². The van der Waals surface area contributed by atoms with Gasteiger partial charge in [-0.1, -0.05) is 5.11 Å². The SMILES string of the molecule is C#CCCCN(C(=O)OC(C)(C)C)C1CCC(N=[N+]=[N-])CC1. The molecule has 6 nitrogen and oxygen atoms in total. The molecule has 0 spiro atoms. The molecule has 1 aliphatic carbocycles. The van der Waals surface area contributed by atoms with Crippen LogP contribution in [-0.2, 0) is 4.74 Å². The fourth-order valence-electron chi connectivity index (χ4n) is 2.65. The van der Waals surface area contributed by atoms with E-state index in [1.165, 1.54) is 0 Å². The number of carbonyl (C=O) groups is 1. The van der Waals surface area contributed by atoms with E-state index in [1.54, 1.807) is 4.90 Å². The molecule has 0 aliphatic heterocycles. The van der Waals surface area contributed by atoms with E-state index in [1.807, 2.05) is 20.8 Å². The molecule has 1 saturated carbocycles. The third-order valence-electron chi connectivity index (χ3n) is 3.67. The monoisotopic (exact) mass is 306 g/mol. The summed E-state index contributed by atoms with van der Waals surface area (Å²) in [7, 11) is 0. The highest BCUT2D eigenvalue weighted by atomic mass is 16.6. The average Bonchev–Trinajstić information content (AvgIpc) is 2.43. The van der Waals surface area contributed by atoms with Gasteiger partial charge in [0.2, 0.25) is 0 Å². The van der Waals surface area contributed by atoms with Crippen LogP contribution >= 0.6 is 0 Å². The Morgan fingerprint density at radius 1 is 1.41 bits per heavy atom. The number of ether oxygens (including phenoxy) is 1. The van der Waals surface area contributed by atoms with Crippen LogP contribution in [0.25, 0.3) is 10.4 Å². The first kappa shape index (κ1) is 18.2. The van der Waals surface area contributed by atoms with Crippen LogP contribution in [0.15, 0.2) is 5.11 Å². The lowest BCUT2D eigenvalue weighted by atomic mass is 9.90. The van der Waals surface area contributed by atoms with E-state index in [4.69, 9.17) is 16.7 Å². The van der Waals surface area contributed by atoms with Gasteiger partial charge in [-0.25, -0.2) is 4.79 Å². The van der Waals surface area contributed by atoms with Crippen LogP contribution in [0.4, 0.5) is 4.79 Å². The maximum absolute atomic E-state index is 12.4. The first-order valence-corrected chi connectivity index (χ1v) is 7.84. The Kier molecular flexibility index (Phi) is 7.07. The standard InChI is InChI=1S/C16H26N4O2/c1-5-6-7-12-20(15(21)22-16(2,3)4)14-10-8-13(9-11-14)18-19-17/h1,13-14H,6-12H2,2-4H3. The number of rotatable bonds is 5. The van der Waals surface area contributed by atoms with Crippen LogP contribution < -0.4 is 0 Å². The Morgan fingerprint density at radius 3 is 2.55 bits per heavy atom. The third kappa shape index (κ3) is 6.28. The molecule has 6 heteroatoms. The highest BCUT2D eigenvalue weighted by Gasteiger charge is 2.31. The minimum Gasteiger partial charge on any atom is -0.444 e. The zero-order chi connectivity index (χ0) is 16.6. The van der Waals surface area contributed by atoms with Crippen molar-refractivity contribution < 1.29 is 9.53 Å². The number of carbonyl (C=O) groups excluding carboxylic acids is 1. The molecule has 0 aromatic rings. The van der Waals surface area contributed by atoms with Gasteiger partial charge in [0.15, 0.2) is 0 Å². The van der Waals surface area contributed by atoms with E-state index in [0.29, 0.717) is 13.0 Å². The summed E-state index contributed by atoms with van der Waals surface area (Å²) in [6.07, 6.45) is 9.71. The largest absolute Gasteiger partial charge is 0.444 e. The summed E-state index contributed by atoms with van der Waals surface area (Å²) in [5.74, 6) is 2.60. The predicted molar refractivity (Wildman–Crippen MR) is 86.2 cm³/mol. The highest BCUT2D eigenvalue weighted by molar-refractivity contribution is 5.68. The second-order valence-electron chi connectivity index (χ2n) is 6.65. The van der Waals surface area contributed by atoms with Crippen LogP contribution in [0.2, 0.25) is 0 Å². The summed E-state index contributed by atoms with van der Waals surface area (Å²) in [6.45, 7) is 6.20. The van der Waals surface area contributed by atoms with Crippen molar-refractivity contribution in [2.24, 2.45) is 5.11 Å². The lowest BCUT2D eigenvalue weighted by Crippen LogP contribution is -2.45. The number of hydrogen-bond donors (Lipinski definition) is 0. The Labute approximate surface area is 132 Å². The molecule has 0 saturated heterocycles. The lowest BCUT2D eigenvalue weighted by Gasteiger charge is -2.36. The quantitative estimate of drug-likeness (QED) is 0.250. The first-order valence-electron chi connectivity index (χ1n) is 7.84. The van der Waals surface area contributed by atoms with Gasteiger partial charge in [0.1, 0.15) is 5.60 Å². The molecule has 1 rings (SSSR count). The summed E-state index contributed by atoms with van der Waals surface area (Å²) in [5.41, 5.74) is 8.00. The molecule has 0 aromatic heterocycles. The third-order valence-corrected chi connectivity index (χ3v) is 3.67. The maximum Gasteiger partial charge on any atom is 0.410 e. The van der Waals surface area contributed by atoms with Gasteiger partial charge in [0.05, 0.1) is 0 Å². The number of azide groups is 1. The van der Waals surface area contributed by atoms with Gasteiger partial charge in [-0.3, -0.25) is 0 Å². The molecule has 0 heterocycles. The summed E-state index contributed by atoms with van der Waals surface area (Å²) >= 11 is 0. The first-order chi connectivity index (χ1) is 10.4. The Hall–Kier alpha value is -1.86. The molecule has 22 heavy (non-hydrogen) atoms. The summed E-state index contributed by atoms with van der Waals surface area (Å²) < 4.78 is 5.51. The van der Waals surface area contributed by atoms with E-state index >= 15 is 0 Å². The fourth-order valence-corrected chi connectivity index (χ4v) is 2.65. The molecule has 122 valence electrons. The molecule has 1 aliphatic rings. The van der Waals surface area contributed by atoms with Gasteiger partial charge in [0.25, 0.3) is 0 Å². The molecule has 1 fully saturated rings. The Morgan fingerprint density at radius 2 is 2.05 bits per heavy atom. The fraction of sp³-hybridized carbons (Fsp3) is 0.812. The molecule has 0 bridgehead atoms. The lowest BCUT2D eigenvalue weighted by molar-refractivity contribution is 0.0114. The Bertz CT molecular complexity index is 450. The molecule has 0 N–H and O–H groups in total. The smallest absolute Gasteiger partial charge is 0.410 e. The number of unbranched alkanes of at least 4 members (excludes halogenated alkanes) is 1. The van der Waals surface area contributed by atoms with Crippen molar-refractivity contribution in [3.63, 3.8) is 0 Å². The molecule has 1 amide bonds. The van der Waals surface area contributed by atoms with Crippen LogP contribution in [0, 0.1) is 12.3 Å². The highest BCUT2D eigenvalue weighted by Crippen LogP contribution is 2.27. The molecular weight excluding hydrogens is 280 g/mol. The second-order valence-corrected chi connectivity index (χ2v) is 6.65. The molecule has 0 aromatic carbocycles. The summed E-state index contributed by atoms with van der Waals surface area (Å²) in [6, 6.07) is 0.185. The van der Waals surface area contributed by atoms with Crippen molar-refractivity contribution in [1.82, 2.24) is 4.90 Å². The number of hydrogen-bond acceptors (Lipinski definition) is 3. The minimum absolute atomic E-state index is 0.0486. The van der Waals surface area contributed by atoms with Crippen LogP contribution in [0.3, 0.4) is 0 Å². The normalized spacial score (nSPS) is 21.4. The van der Waals surface area contributed by atoms with Crippen molar-refractivity contribution in [2.45, 2.75) is 77.0 Å². The van der Waals surface area contributed by atoms with Crippen molar-refractivity contribution >= 4 is 6.09 Å². The molecule has 0 unspecified atom stereocenters. The molecular formula is C16H26N4O2. The van der Waals surface area contributed by atoms with Gasteiger partial charge >= 0.3 is 6.09 Å². The minimum atomic E-state index is -0.510. The van der Waals surface area contributed by atoms with Crippen molar-refractivity contribution in [2.75, 3.05) is 6.54 Å². The zero-order valence-electron chi connectivity index (χ0n) is 13.8. The number of amides is 1. The van der Waals surface area contributed by atoms with E-state index in [-0.39, 0.29) is 18.2 Å². The van der Waals surface area contributed by atoms with Crippen molar-refractivity contribution in [3.8, 4) is 12.3 Å². The van der Waals surface area contributed by atoms with Gasteiger partial charge in [0, 0.05) is 30.0 Å². The van der Waals surface area contributed by atoms with Crippen molar-refractivity contribution in [1.29, 1.82) is 0 Å². The predicted octanol–water partition coefficient (Wildman–Crippen LogP) is 4.26. The van der Waals surface area contributed by atoms with E-state index in [9.17, 15) is 4.79 Å². The zero-order valence-corrected chi connectivity index (χ0v) is 13.8. The number of terminal acetylenes is 1. The van der Waals surface area contributed by atoms with Crippen molar-refractivity contribution in [3.05, 3.63) is 10.4 Å². The van der Waals surface area contributed by atoms with Gasteiger partial charge < -0.3 is 9.64 Å². The van der Waals surface area contributed by atoms with E-state index in [2.05, 4.69) is 15.9 Å². The number of nitrogens with zero attached hydrogens (tertiary/aromatic N) is 4. The molecule has 0 radical (unpaired) electrons. The summed E-state index contributed by atoms with van der Waals surface area (Å²) in [5, 5.41) is 3.78. The van der Waals surface area contributed by atoms with Crippen LogP contribution in [0.5, 0.6) is 0 Å². The van der Waals surface area contributed by atoms with E-state index in [0.717, 1.165) is 32.1 Å². The van der Waals surface area contributed by atoms with Gasteiger partial charge in [-0.15, -0.1) is 12.3 Å².